The second-order valence-corrected chi connectivity index (χ2v) is 4.48. The van der Waals surface area contributed by atoms with Gasteiger partial charge in [-0.25, -0.2) is 4.98 Å². The Morgan fingerprint density at radius 2 is 1.78 bits per heavy atom. The molecule has 0 amide bonds. The van der Waals surface area contributed by atoms with Gasteiger partial charge in [0.2, 0.25) is 0 Å². The first kappa shape index (κ1) is 10.9. The zero-order valence-electron chi connectivity index (χ0n) is 10.5. The Morgan fingerprint density at radius 3 is 2.61 bits per heavy atom. The highest BCUT2D eigenvalue weighted by Gasteiger charge is 2.08. The molecule has 0 fully saturated rings. The van der Waals surface area contributed by atoms with Crippen molar-refractivity contribution in [1.82, 2.24) is 9.97 Å². The second kappa shape index (κ2) is 4.22. The highest BCUT2D eigenvalue weighted by atomic mass is 14.7. The number of rotatable bonds is 1. The van der Waals surface area contributed by atoms with E-state index in [4.69, 9.17) is 4.98 Å². The number of pyridine rings is 2. The first-order valence-electron chi connectivity index (χ1n) is 6.04. The summed E-state index contributed by atoms with van der Waals surface area (Å²) in [5.74, 6) is 0. The average molecular weight is 234 g/mol. The number of nitrogens with zero attached hydrogens (tertiary/aromatic N) is 2. The molecule has 0 spiro atoms. The van der Waals surface area contributed by atoms with Crippen LogP contribution in [0.25, 0.3) is 22.2 Å². The van der Waals surface area contributed by atoms with Gasteiger partial charge in [0, 0.05) is 22.8 Å². The van der Waals surface area contributed by atoms with Gasteiger partial charge in [-0.15, -0.1) is 0 Å². The molecule has 0 aliphatic rings. The highest BCUT2D eigenvalue weighted by Crippen LogP contribution is 2.26. The third-order valence-electron chi connectivity index (χ3n) is 3.18. The van der Waals surface area contributed by atoms with E-state index in [0.29, 0.717) is 0 Å². The Morgan fingerprint density at radius 1 is 0.944 bits per heavy atom. The number of hydrogen-bond acceptors (Lipinski definition) is 2. The Kier molecular flexibility index (Phi) is 2.56. The van der Waals surface area contributed by atoms with E-state index in [0.717, 1.165) is 22.5 Å². The van der Waals surface area contributed by atoms with Crippen molar-refractivity contribution in [3.63, 3.8) is 0 Å². The van der Waals surface area contributed by atoms with Gasteiger partial charge in [-0.1, -0.05) is 18.2 Å². The van der Waals surface area contributed by atoms with Crippen LogP contribution in [0.15, 0.2) is 48.7 Å². The van der Waals surface area contributed by atoms with Crippen molar-refractivity contribution in [2.24, 2.45) is 0 Å². The van der Waals surface area contributed by atoms with Crippen molar-refractivity contribution < 1.29 is 0 Å². The molecule has 2 heteroatoms. The van der Waals surface area contributed by atoms with Gasteiger partial charge >= 0.3 is 0 Å². The van der Waals surface area contributed by atoms with Crippen LogP contribution < -0.4 is 0 Å². The van der Waals surface area contributed by atoms with Gasteiger partial charge in [-0.3, -0.25) is 4.98 Å². The molecule has 88 valence electrons. The molecule has 2 aromatic heterocycles. The molecule has 3 rings (SSSR count). The zero-order chi connectivity index (χ0) is 12.5. The number of hydrogen-bond donors (Lipinski definition) is 0. The van der Waals surface area contributed by atoms with Gasteiger partial charge in [0.05, 0.1) is 11.2 Å². The summed E-state index contributed by atoms with van der Waals surface area (Å²) in [7, 11) is 0. The molecule has 2 nitrogen and oxygen atoms in total. The summed E-state index contributed by atoms with van der Waals surface area (Å²) in [5.41, 5.74) is 5.37. The van der Waals surface area contributed by atoms with E-state index >= 15 is 0 Å². The number of aryl methyl sites for hydroxylation is 2. The van der Waals surface area contributed by atoms with Crippen molar-refractivity contribution in [2.45, 2.75) is 13.8 Å². The lowest BCUT2D eigenvalue weighted by Crippen LogP contribution is -1.93. The van der Waals surface area contributed by atoms with Crippen LogP contribution in [-0.4, -0.2) is 9.97 Å². The van der Waals surface area contributed by atoms with Gasteiger partial charge in [-0.2, -0.15) is 0 Å². The van der Waals surface area contributed by atoms with Crippen molar-refractivity contribution >= 4 is 10.9 Å². The van der Waals surface area contributed by atoms with Crippen LogP contribution in [0.4, 0.5) is 0 Å². The van der Waals surface area contributed by atoms with Crippen molar-refractivity contribution in [3.05, 3.63) is 59.9 Å². The molecule has 0 aliphatic carbocycles. The third kappa shape index (κ3) is 1.76. The molecule has 0 saturated carbocycles. The van der Waals surface area contributed by atoms with Crippen LogP contribution in [0.2, 0.25) is 0 Å². The monoisotopic (exact) mass is 234 g/mol. The maximum Gasteiger partial charge on any atom is 0.0757 e. The molecular weight excluding hydrogens is 220 g/mol. The van der Waals surface area contributed by atoms with Gasteiger partial charge < -0.3 is 0 Å². The fourth-order valence-electron chi connectivity index (χ4n) is 2.23. The van der Waals surface area contributed by atoms with E-state index in [1.54, 1.807) is 0 Å². The van der Waals surface area contributed by atoms with E-state index in [2.05, 4.69) is 30.1 Å². The van der Waals surface area contributed by atoms with Crippen LogP contribution in [0.3, 0.4) is 0 Å². The predicted molar refractivity (Wildman–Crippen MR) is 74.4 cm³/mol. The number of para-hydroxylation sites is 1. The van der Waals surface area contributed by atoms with E-state index in [1.165, 1.54) is 10.9 Å². The highest BCUT2D eigenvalue weighted by molar-refractivity contribution is 5.83. The standard InChI is InChI=1S/C16H14N2/c1-11-10-13-6-3-4-8-15(13)18-16(11)14-7-5-9-17-12(14)2/h3-10H,1-2H3. The molecule has 0 N–H and O–H groups in total. The molecule has 0 saturated heterocycles. The molecule has 3 aromatic rings. The minimum Gasteiger partial charge on any atom is -0.261 e. The van der Waals surface area contributed by atoms with Gasteiger partial charge in [-0.05, 0) is 43.7 Å². The van der Waals surface area contributed by atoms with E-state index in [9.17, 15) is 0 Å². The van der Waals surface area contributed by atoms with E-state index in [1.807, 2.05) is 37.4 Å². The smallest absolute Gasteiger partial charge is 0.0757 e. The normalized spacial score (nSPS) is 10.8. The molecule has 0 unspecified atom stereocenters. The molecule has 0 bridgehead atoms. The molecule has 1 aromatic carbocycles. The first-order valence-corrected chi connectivity index (χ1v) is 6.04. The van der Waals surface area contributed by atoms with Crippen LogP contribution in [0.1, 0.15) is 11.3 Å². The molecule has 0 atom stereocenters. The largest absolute Gasteiger partial charge is 0.261 e. The topological polar surface area (TPSA) is 25.8 Å². The summed E-state index contributed by atoms with van der Waals surface area (Å²) in [6.45, 7) is 4.12. The summed E-state index contributed by atoms with van der Waals surface area (Å²) in [6.07, 6.45) is 1.81. The zero-order valence-corrected chi connectivity index (χ0v) is 10.5. The fraction of sp³-hybridized carbons (Fsp3) is 0.125. The summed E-state index contributed by atoms with van der Waals surface area (Å²) in [6, 6.07) is 14.4. The second-order valence-electron chi connectivity index (χ2n) is 4.48. The maximum atomic E-state index is 4.77. The van der Waals surface area contributed by atoms with Crippen LogP contribution in [0.5, 0.6) is 0 Å². The number of fused-ring (bicyclic) bond motifs is 1. The van der Waals surface area contributed by atoms with Gasteiger partial charge in [0.1, 0.15) is 0 Å². The molecule has 18 heavy (non-hydrogen) atoms. The molecule has 0 radical (unpaired) electrons. The van der Waals surface area contributed by atoms with Crippen LogP contribution >= 0.6 is 0 Å². The van der Waals surface area contributed by atoms with Crippen LogP contribution in [0, 0.1) is 13.8 Å². The van der Waals surface area contributed by atoms with Crippen molar-refractivity contribution in [2.75, 3.05) is 0 Å². The average Bonchev–Trinajstić information content (AvgIpc) is 2.39. The number of benzene rings is 1. The first-order chi connectivity index (χ1) is 8.75. The summed E-state index contributed by atoms with van der Waals surface area (Å²) in [5, 5.41) is 1.18. The number of aromatic nitrogens is 2. The summed E-state index contributed by atoms with van der Waals surface area (Å²) < 4.78 is 0. The minimum atomic E-state index is 1.02. The Hall–Kier alpha value is -2.22. The maximum absolute atomic E-state index is 4.77. The summed E-state index contributed by atoms with van der Waals surface area (Å²) >= 11 is 0. The molecular formula is C16H14N2. The van der Waals surface area contributed by atoms with Gasteiger partial charge in [0.25, 0.3) is 0 Å². The minimum absolute atomic E-state index is 1.02. The van der Waals surface area contributed by atoms with Gasteiger partial charge in [0.15, 0.2) is 0 Å². The fourth-order valence-corrected chi connectivity index (χ4v) is 2.23. The Labute approximate surface area is 106 Å². The lowest BCUT2D eigenvalue weighted by molar-refractivity contribution is 1.18. The van der Waals surface area contributed by atoms with E-state index in [-0.39, 0.29) is 0 Å². The quantitative estimate of drug-likeness (QED) is 0.638. The third-order valence-corrected chi connectivity index (χ3v) is 3.18. The Bertz CT molecular complexity index is 717. The molecule has 2 heterocycles. The summed E-state index contributed by atoms with van der Waals surface area (Å²) in [4.78, 5) is 9.10. The van der Waals surface area contributed by atoms with Crippen molar-refractivity contribution in [3.8, 4) is 11.3 Å². The van der Waals surface area contributed by atoms with Crippen molar-refractivity contribution in [1.29, 1.82) is 0 Å². The lowest BCUT2D eigenvalue weighted by Gasteiger charge is -2.09. The van der Waals surface area contributed by atoms with Crippen LogP contribution in [-0.2, 0) is 0 Å². The predicted octanol–water partition coefficient (Wildman–Crippen LogP) is 3.91. The molecule has 0 aliphatic heterocycles. The Balaban J connectivity index is 2.30. The lowest BCUT2D eigenvalue weighted by atomic mass is 10.0. The SMILES string of the molecule is Cc1cc2ccccc2nc1-c1cccnc1C. The van der Waals surface area contributed by atoms with E-state index < -0.39 is 0 Å².